The van der Waals surface area contributed by atoms with Crippen LogP contribution in [0.25, 0.3) is 0 Å². The van der Waals surface area contributed by atoms with E-state index in [2.05, 4.69) is 48.1 Å². The summed E-state index contributed by atoms with van der Waals surface area (Å²) in [4.78, 5) is 2.46. The van der Waals surface area contributed by atoms with Crippen LogP contribution in [0.1, 0.15) is 52.3 Å². The Morgan fingerprint density at radius 3 is 2.68 bits per heavy atom. The third-order valence-corrected chi connectivity index (χ3v) is 3.51. The lowest BCUT2D eigenvalue weighted by molar-refractivity contribution is 0.178. The first kappa shape index (κ1) is 14.5. The Labute approximate surface area is 115 Å². The minimum atomic E-state index is -0.0737. The quantitative estimate of drug-likeness (QED) is 0.882. The van der Waals surface area contributed by atoms with E-state index in [0.29, 0.717) is 6.04 Å². The second-order valence-corrected chi connectivity index (χ2v) is 6.37. The maximum absolute atomic E-state index is 5.80. The fourth-order valence-electron chi connectivity index (χ4n) is 2.42. The molecule has 2 heterocycles. The minimum absolute atomic E-state index is 0.0737. The molecule has 1 aromatic heterocycles. The van der Waals surface area contributed by atoms with Crippen molar-refractivity contribution in [2.45, 2.75) is 58.5 Å². The van der Waals surface area contributed by atoms with Gasteiger partial charge < -0.3 is 9.73 Å². The van der Waals surface area contributed by atoms with Gasteiger partial charge >= 0.3 is 0 Å². The van der Waals surface area contributed by atoms with Crippen LogP contribution < -0.4 is 5.32 Å². The predicted octanol–water partition coefficient (Wildman–Crippen LogP) is 1.94. The first-order valence-electron chi connectivity index (χ1n) is 7.28. The van der Waals surface area contributed by atoms with Gasteiger partial charge in [0.1, 0.15) is 0 Å². The summed E-state index contributed by atoms with van der Waals surface area (Å²) in [6, 6.07) is 0.602. The first-order chi connectivity index (χ1) is 9.00. The van der Waals surface area contributed by atoms with Crippen molar-refractivity contribution in [2.75, 3.05) is 19.6 Å². The highest BCUT2D eigenvalue weighted by atomic mass is 16.4. The van der Waals surface area contributed by atoms with Gasteiger partial charge in [-0.25, -0.2) is 0 Å². The van der Waals surface area contributed by atoms with E-state index in [9.17, 15) is 0 Å². The van der Waals surface area contributed by atoms with Crippen molar-refractivity contribution >= 4 is 0 Å². The molecule has 0 amide bonds. The van der Waals surface area contributed by atoms with E-state index in [4.69, 9.17) is 4.42 Å². The second kappa shape index (κ2) is 6.01. The van der Waals surface area contributed by atoms with Crippen molar-refractivity contribution in [2.24, 2.45) is 0 Å². The standard InChI is InChI=1S/C14H26N4O/c1-5-8-18(11-6-7-15-9-11)10-12-16-17-13(19-12)14(2,3)4/h11,15H,5-10H2,1-4H3. The van der Waals surface area contributed by atoms with E-state index in [-0.39, 0.29) is 5.41 Å². The third kappa shape index (κ3) is 3.76. The summed E-state index contributed by atoms with van der Waals surface area (Å²) in [6.45, 7) is 12.5. The van der Waals surface area contributed by atoms with Crippen LogP contribution in [0.2, 0.25) is 0 Å². The molecule has 0 bridgehead atoms. The molecule has 0 aromatic carbocycles. The number of hydrogen-bond donors (Lipinski definition) is 1. The average molecular weight is 266 g/mol. The van der Waals surface area contributed by atoms with Gasteiger partial charge in [-0.3, -0.25) is 4.90 Å². The molecule has 108 valence electrons. The zero-order chi connectivity index (χ0) is 13.9. The summed E-state index contributed by atoms with van der Waals surface area (Å²) in [5.41, 5.74) is -0.0737. The van der Waals surface area contributed by atoms with Crippen molar-refractivity contribution in [1.82, 2.24) is 20.4 Å². The molecule has 0 radical (unpaired) electrons. The van der Waals surface area contributed by atoms with Crippen molar-refractivity contribution in [3.63, 3.8) is 0 Å². The Hall–Kier alpha value is -0.940. The second-order valence-electron chi connectivity index (χ2n) is 6.37. The number of nitrogens with one attached hydrogen (secondary N) is 1. The number of nitrogens with zero attached hydrogens (tertiary/aromatic N) is 3. The Bertz CT molecular complexity index is 390. The molecule has 1 aliphatic rings. The Morgan fingerprint density at radius 2 is 2.16 bits per heavy atom. The Morgan fingerprint density at radius 1 is 1.37 bits per heavy atom. The Kier molecular flexibility index (Phi) is 4.58. The van der Waals surface area contributed by atoms with E-state index in [1.165, 1.54) is 6.42 Å². The maximum Gasteiger partial charge on any atom is 0.230 e. The van der Waals surface area contributed by atoms with E-state index < -0.39 is 0 Å². The van der Waals surface area contributed by atoms with E-state index in [1.54, 1.807) is 0 Å². The van der Waals surface area contributed by atoms with Gasteiger partial charge in [0.25, 0.3) is 0 Å². The molecule has 1 unspecified atom stereocenters. The van der Waals surface area contributed by atoms with E-state index in [1.807, 2.05) is 0 Å². The lowest BCUT2D eigenvalue weighted by atomic mass is 9.97. The van der Waals surface area contributed by atoms with Crippen LogP contribution in [0.4, 0.5) is 0 Å². The fraction of sp³-hybridized carbons (Fsp3) is 0.857. The van der Waals surface area contributed by atoms with Crippen molar-refractivity contribution < 1.29 is 4.42 Å². The van der Waals surface area contributed by atoms with Crippen LogP contribution in [-0.4, -0.2) is 40.8 Å². The first-order valence-corrected chi connectivity index (χ1v) is 7.28. The summed E-state index contributed by atoms with van der Waals surface area (Å²) in [6.07, 6.45) is 2.36. The Balaban J connectivity index is 2.02. The number of rotatable bonds is 5. The van der Waals surface area contributed by atoms with Crippen molar-refractivity contribution in [1.29, 1.82) is 0 Å². The van der Waals surface area contributed by atoms with Crippen molar-refractivity contribution in [3.05, 3.63) is 11.8 Å². The van der Waals surface area contributed by atoms with Gasteiger partial charge in [-0.2, -0.15) is 0 Å². The van der Waals surface area contributed by atoms with Gasteiger partial charge in [-0.15, -0.1) is 10.2 Å². The summed E-state index contributed by atoms with van der Waals surface area (Å²) in [7, 11) is 0. The highest BCUT2D eigenvalue weighted by Crippen LogP contribution is 2.21. The minimum Gasteiger partial charge on any atom is -0.423 e. The zero-order valence-electron chi connectivity index (χ0n) is 12.6. The predicted molar refractivity (Wildman–Crippen MR) is 75.0 cm³/mol. The van der Waals surface area contributed by atoms with Crippen LogP contribution >= 0.6 is 0 Å². The fourth-order valence-corrected chi connectivity index (χ4v) is 2.42. The highest BCUT2D eigenvalue weighted by Gasteiger charge is 2.25. The van der Waals surface area contributed by atoms with Gasteiger partial charge in [0.05, 0.1) is 6.54 Å². The summed E-state index contributed by atoms with van der Waals surface area (Å²) in [5, 5.41) is 11.8. The molecule has 1 N–H and O–H groups in total. The smallest absolute Gasteiger partial charge is 0.230 e. The molecular formula is C14H26N4O. The van der Waals surface area contributed by atoms with Crippen molar-refractivity contribution in [3.8, 4) is 0 Å². The topological polar surface area (TPSA) is 54.2 Å². The van der Waals surface area contributed by atoms with Gasteiger partial charge in [0.15, 0.2) is 0 Å². The number of aromatic nitrogens is 2. The largest absolute Gasteiger partial charge is 0.423 e. The average Bonchev–Trinajstić information content (AvgIpc) is 2.98. The zero-order valence-corrected chi connectivity index (χ0v) is 12.6. The molecule has 1 aromatic rings. The molecule has 2 rings (SSSR count). The summed E-state index contributed by atoms with van der Waals surface area (Å²) < 4.78 is 5.80. The van der Waals surface area contributed by atoms with Crippen LogP contribution in [0.5, 0.6) is 0 Å². The molecule has 1 saturated heterocycles. The van der Waals surface area contributed by atoms with E-state index in [0.717, 1.165) is 44.4 Å². The summed E-state index contributed by atoms with van der Waals surface area (Å²) >= 11 is 0. The lowest BCUT2D eigenvalue weighted by Gasteiger charge is -2.26. The van der Waals surface area contributed by atoms with Crippen LogP contribution in [-0.2, 0) is 12.0 Å². The van der Waals surface area contributed by atoms with Crippen LogP contribution in [0.3, 0.4) is 0 Å². The van der Waals surface area contributed by atoms with Gasteiger partial charge in [-0.1, -0.05) is 27.7 Å². The molecular weight excluding hydrogens is 240 g/mol. The molecule has 0 saturated carbocycles. The molecule has 0 spiro atoms. The molecule has 1 aliphatic heterocycles. The van der Waals surface area contributed by atoms with Gasteiger partial charge in [-0.05, 0) is 25.9 Å². The molecule has 1 fully saturated rings. The molecule has 5 nitrogen and oxygen atoms in total. The van der Waals surface area contributed by atoms with Crippen LogP contribution in [0.15, 0.2) is 4.42 Å². The monoisotopic (exact) mass is 266 g/mol. The third-order valence-electron chi connectivity index (χ3n) is 3.51. The summed E-state index contributed by atoms with van der Waals surface area (Å²) in [5.74, 6) is 1.47. The molecule has 5 heteroatoms. The van der Waals surface area contributed by atoms with Gasteiger partial charge in [0.2, 0.25) is 11.8 Å². The lowest BCUT2D eigenvalue weighted by Crippen LogP contribution is -2.37. The SMILES string of the molecule is CCCN(Cc1nnc(C(C)(C)C)o1)C1CCNC1. The molecule has 19 heavy (non-hydrogen) atoms. The molecule has 0 aliphatic carbocycles. The van der Waals surface area contributed by atoms with Gasteiger partial charge in [0, 0.05) is 18.0 Å². The normalized spacial score (nSPS) is 20.4. The molecule has 1 atom stereocenters. The highest BCUT2D eigenvalue weighted by molar-refractivity contribution is 4.96. The maximum atomic E-state index is 5.80. The van der Waals surface area contributed by atoms with E-state index >= 15 is 0 Å². The number of hydrogen-bond acceptors (Lipinski definition) is 5. The van der Waals surface area contributed by atoms with Crippen LogP contribution in [0, 0.1) is 0 Å².